The second-order valence-corrected chi connectivity index (χ2v) is 3.78. The fourth-order valence-corrected chi connectivity index (χ4v) is 1.89. The molecule has 0 spiro atoms. The van der Waals surface area contributed by atoms with E-state index in [-0.39, 0.29) is 11.5 Å². The van der Waals surface area contributed by atoms with Crippen molar-refractivity contribution in [2.75, 3.05) is 0 Å². The van der Waals surface area contributed by atoms with Gasteiger partial charge in [0.25, 0.3) is 0 Å². The zero-order valence-electron chi connectivity index (χ0n) is 9.09. The van der Waals surface area contributed by atoms with E-state index in [2.05, 4.69) is 0 Å². The number of nitrogens with zero attached hydrogens (tertiary/aromatic N) is 1. The van der Waals surface area contributed by atoms with Crippen molar-refractivity contribution in [2.24, 2.45) is 5.73 Å². The number of hydrogen-bond donors (Lipinski definition) is 1. The van der Waals surface area contributed by atoms with E-state index in [1.165, 1.54) is 24.3 Å². The van der Waals surface area contributed by atoms with Crippen molar-refractivity contribution in [3.8, 4) is 6.07 Å². The Bertz CT molecular complexity index is 560. The Kier molecular flexibility index (Phi) is 2.90. The highest BCUT2D eigenvalue weighted by Gasteiger charge is 2.38. The standard InChI is InChI=1S/C12H9FN2O3/c13-7-3-1-6(2-4-7)9-8(5-14)11(15)18-10(9)12(16)17/h1-4,9-10H,15H2,(H,16,17)/p-1/t9-,10+/m1/s1. The van der Waals surface area contributed by atoms with Crippen LogP contribution >= 0.6 is 0 Å². The number of hydrogen-bond acceptors (Lipinski definition) is 5. The van der Waals surface area contributed by atoms with Gasteiger partial charge in [-0.05, 0) is 17.7 Å². The first-order valence-corrected chi connectivity index (χ1v) is 5.07. The lowest BCUT2D eigenvalue weighted by Crippen LogP contribution is -2.39. The summed E-state index contributed by atoms with van der Waals surface area (Å²) in [5.74, 6) is -3.04. The molecule has 1 aromatic carbocycles. The molecule has 5 nitrogen and oxygen atoms in total. The summed E-state index contributed by atoms with van der Waals surface area (Å²) >= 11 is 0. The van der Waals surface area contributed by atoms with Crippen LogP contribution in [0, 0.1) is 17.1 Å². The summed E-state index contributed by atoms with van der Waals surface area (Å²) in [6.07, 6.45) is -1.37. The molecule has 2 N–H and O–H groups in total. The Labute approximate surface area is 102 Å². The lowest BCUT2D eigenvalue weighted by Gasteiger charge is -2.20. The molecule has 92 valence electrons. The lowest BCUT2D eigenvalue weighted by atomic mass is 9.88. The number of benzene rings is 1. The van der Waals surface area contributed by atoms with E-state index < -0.39 is 23.8 Å². The third kappa shape index (κ3) is 1.86. The van der Waals surface area contributed by atoms with Crippen LogP contribution in [0.1, 0.15) is 11.5 Å². The molecule has 0 amide bonds. The molecule has 1 aromatic rings. The zero-order chi connectivity index (χ0) is 13.3. The maximum absolute atomic E-state index is 12.8. The molecule has 0 unspecified atom stereocenters. The van der Waals surface area contributed by atoms with Crippen LogP contribution in [0.15, 0.2) is 35.7 Å². The maximum Gasteiger partial charge on any atom is 0.199 e. The predicted octanol–water partition coefficient (Wildman–Crippen LogP) is -0.248. The van der Waals surface area contributed by atoms with Crippen molar-refractivity contribution in [3.05, 3.63) is 47.1 Å². The van der Waals surface area contributed by atoms with Crippen LogP contribution in [-0.4, -0.2) is 12.1 Å². The Morgan fingerprint density at radius 2 is 2.06 bits per heavy atom. The monoisotopic (exact) mass is 247 g/mol. The highest BCUT2D eigenvalue weighted by Crippen LogP contribution is 2.36. The molecule has 0 saturated heterocycles. The van der Waals surface area contributed by atoms with E-state index in [0.29, 0.717) is 5.56 Å². The molecule has 1 aliphatic rings. The van der Waals surface area contributed by atoms with Crippen LogP contribution in [-0.2, 0) is 9.53 Å². The minimum atomic E-state index is -1.47. The van der Waals surface area contributed by atoms with E-state index in [9.17, 15) is 14.3 Å². The molecule has 0 saturated carbocycles. The molecule has 0 aromatic heterocycles. The summed E-state index contributed by atoms with van der Waals surface area (Å²) in [6, 6.07) is 6.92. The number of carbonyl (C=O) groups excluding carboxylic acids is 1. The predicted molar refractivity (Wildman–Crippen MR) is 55.8 cm³/mol. The van der Waals surface area contributed by atoms with Gasteiger partial charge in [-0.25, -0.2) is 4.39 Å². The molecule has 0 radical (unpaired) electrons. The molecule has 1 heterocycles. The summed E-state index contributed by atoms with van der Waals surface area (Å²) in [5.41, 5.74) is 5.89. The van der Waals surface area contributed by atoms with Crippen LogP contribution in [0.4, 0.5) is 4.39 Å². The first-order chi connectivity index (χ1) is 8.54. The van der Waals surface area contributed by atoms with Crippen molar-refractivity contribution in [3.63, 3.8) is 0 Å². The van der Waals surface area contributed by atoms with Gasteiger partial charge >= 0.3 is 0 Å². The molecule has 18 heavy (non-hydrogen) atoms. The van der Waals surface area contributed by atoms with E-state index in [4.69, 9.17) is 15.7 Å². The zero-order valence-corrected chi connectivity index (χ0v) is 9.09. The highest BCUT2D eigenvalue weighted by molar-refractivity contribution is 5.74. The Morgan fingerprint density at radius 3 is 2.56 bits per heavy atom. The van der Waals surface area contributed by atoms with Crippen LogP contribution in [0.3, 0.4) is 0 Å². The number of carboxylic acids is 1. The average Bonchev–Trinajstić information content (AvgIpc) is 2.67. The van der Waals surface area contributed by atoms with Crippen LogP contribution in [0.5, 0.6) is 0 Å². The number of halogens is 1. The van der Waals surface area contributed by atoms with Crippen molar-refractivity contribution in [1.82, 2.24) is 0 Å². The molecule has 1 aliphatic heterocycles. The number of rotatable bonds is 2. The van der Waals surface area contributed by atoms with Gasteiger partial charge in [-0.15, -0.1) is 0 Å². The second-order valence-electron chi connectivity index (χ2n) is 3.78. The van der Waals surface area contributed by atoms with E-state index in [1.807, 2.05) is 0 Å². The minimum absolute atomic E-state index is 0.0100. The summed E-state index contributed by atoms with van der Waals surface area (Å²) in [5, 5.41) is 19.9. The quantitative estimate of drug-likeness (QED) is 0.777. The van der Waals surface area contributed by atoms with Gasteiger partial charge in [-0.2, -0.15) is 5.26 Å². The Balaban J connectivity index is 2.47. The van der Waals surface area contributed by atoms with Crippen LogP contribution in [0.25, 0.3) is 0 Å². The lowest BCUT2D eigenvalue weighted by molar-refractivity contribution is -0.315. The number of carboxylic acid groups (broad SMARTS) is 1. The van der Waals surface area contributed by atoms with Crippen LogP contribution in [0.2, 0.25) is 0 Å². The van der Waals surface area contributed by atoms with E-state index >= 15 is 0 Å². The first kappa shape index (κ1) is 11.9. The van der Waals surface area contributed by atoms with Gasteiger partial charge in [-0.3, -0.25) is 0 Å². The van der Waals surface area contributed by atoms with Gasteiger partial charge in [0.2, 0.25) is 0 Å². The fraction of sp³-hybridized carbons (Fsp3) is 0.167. The summed E-state index contributed by atoms with van der Waals surface area (Å²) < 4.78 is 17.7. The summed E-state index contributed by atoms with van der Waals surface area (Å²) in [7, 11) is 0. The molecule has 2 atom stereocenters. The van der Waals surface area contributed by atoms with E-state index in [1.54, 1.807) is 6.07 Å². The number of ether oxygens (including phenoxy) is 1. The summed E-state index contributed by atoms with van der Waals surface area (Å²) in [4.78, 5) is 11.0. The smallest absolute Gasteiger partial charge is 0.199 e. The Hall–Kier alpha value is -2.55. The highest BCUT2D eigenvalue weighted by atomic mass is 19.1. The molecule has 0 fully saturated rings. The van der Waals surface area contributed by atoms with Crippen molar-refractivity contribution in [1.29, 1.82) is 5.26 Å². The SMILES string of the molecule is N#CC1=C(N)O[C@H](C(=O)[O-])[C@@H]1c1ccc(F)cc1. The number of aliphatic carboxylic acids is 1. The Morgan fingerprint density at radius 1 is 1.44 bits per heavy atom. The fourth-order valence-electron chi connectivity index (χ4n) is 1.89. The largest absolute Gasteiger partial charge is 0.546 e. The molecule has 0 aliphatic carbocycles. The average molecular weight is 247 g/mol. The van der Waals surface area contributed by atoms with Gasteiger partial charge in [-0.1, -0.05) is 12.1 Å². The molecular formula is C12H8FN2O3-. The van der Waals surface area contributed by atoms with Crippen molar-refractivity contribution >= 4 is 5.97 Å². The third-order valence-corrected chi connectivity index (χ3v) is 2.72. The minimum Gasteiger partial charge on any atom is -0.546 e. The van der Waals surface area contributed by atoms with Crippen LogP contribution < -0.4 is 10.8 Å². The number of carbonyl (C=O) groups is 1. The van der Waals surface area contributed by atoms with Gasteiger partial charge in [0.15, 0.2) is 12.0 Å². The third-order valence-electron chi connectivity index (χ3n) is 2.72. The van der Waals surface area contributed by atoms with E-state index in [0.717, 1.165) is 0 Å². The summed E-state index contributed by atoms with van der Waals surface area (Å²) in [6.45, 7) is 0. The molecule has 6 heteroatoms. The first-order valence-electron chi connectivity index (χ1n) is 5.07. The number of nitrogens with two attached hydrogens (primary N) is 1. The number of nitriles is 1. The van der Waals surface area contributed by atoms with Gasteiger partial charge in [0.05, 0.1) is 11.9 Å². The molecular weight excluding hydrogens is 239 g/mol. The maximum atomic E-state index is 12.8. The van der Waals surface area contributed by atoms with Gasteiger partial charge in [0, 0.05) is 0 Å². The van der Waals surface area contributed by atoms with Crippen molar-refractivity contribution in [2.45, 2.75) is 12.0 Å². The van der Waals surface area contributed by atoms with Crippen molar-refractivity contribution < 1.29 is 19.0 Å². The van der Waals surface area contributed by atoms with Gasteiger partial charge in [0.1, 0.15) is 17.5 Å². The topological polar surface area (TPSA) is 99.2 Å². The second kappa shape index (κ2) is 4.37. The van der Waals surface area contributed by atoms with Gasteiger partial charge < -0.3 is 20.4 Å². The molecule has 0 bridgehead atoms. The molecule has 2 rings (SSSR count). The normalized spacial score (nSPS) is 22.4.